The Hall–Kier alpha value is -1.29. The molecule has 0 aliphatic carbocycles. The van der Waals surface area contributed by atoms with Crippen LogP contribution in [0.2, 0.25) is 0 Å². The van der Waals surface area contributed by atoms with E-state index in [0.717, 1.165) is 0 Å². The second kappa shape index (κ2) is 5.37. The second-order valence-electron chi connectivity index (χ2n) is 2.23. The third-order valence-electron chi connectivity index (χ3n) is 1.30. The molecule has 0 spiro atoms. The van der Waals surface area contributed by atoms with Crippen LogP contribution < -0.4 is 5.32 Å². The first-order valence-corrected chi connectivity index (χ1v) is 3.40. The highest BCUT2D eigenvalue weighted by Crippen LogP contribution is 2.11. The third-order valence-corrected chi connectivity index (χ3v) is 1.30. The normalized spacial score (nSPS) is 8.69. The van der Waals surface area contributed by atoms with Gasteiger partial charge in [-0.05, 0) is 12.1 Å². The Morgan fingerprint density at radius 1 is 1.46 bits per heavy atom. The van der Waals surface area contributed by atoms with Crippen LogP contribution in [-0.4, -0.2) is 17.6 Å². The number of halogens is 2. The van der Waals surface area contributed by atoms with Crippen molar-refractivity contribution in [1.29, 1.82) is 0 Å². The van der Waals surface area contributed by atoms with Crippen molar-refractivity contribution in [2.45, 2.75) is 0 Å². The van der Waals surface area contributed by atoms with Crippen molar-refractivity contribution in [3.63, 3.8) is 0 Å². The van der Waals surface area contributed by atoms with Crippen molar-refractivity contribution in [1.82, 2.24) is 0 Å². The maximum Gasteiger partial charge on any atom is 0.322 e. The average molecular weight is 206 g/mol. The summed E-state index contributed by atoms with van der Waals surface area (Å²) < 4.78 is 12.8. The molecule has 5 heteroatoms. The first-order valence-electron chi connectivity index (χ1n) is 3.40. The molecule has 13 heavy (non-hydrogen) atoms. The van der Waals surface area contributed by atoms with Gasteiger partial charge in [-0.2, -0.15) is 0 Å². The van der Waals surface area contributed by atoms with Crippen LogP contribution in [0.5, 0.6) is 0 Å². The Balaban J connectivity index is 0.00000144. The standard InChI is InChI=1S/C8H8FNO2.ClH/c9-6-3-1-2-4-7(6)10-5-8(11)12;/h1-4,10H,5H2,(H,11,12);1H. The summed E-state index contributed by atoms with van der Waals surface area (Å²) in [6, 6.07) is 5.93. The van der Waals surface area contributed by atoms with E-state index in [4.69, 9.17) is 5.11 Å². The lowest BCUT2D eigenvalue weighted by atomic mass is 10.3. The Morgan fingerprint density at radius 3 is 2.62 bits per heavy atom. The van der Waals surface area contributed by atoms with E-state index < -0.39 is 11.8 Å². The van der Waals surface area contributed by atoms with Gasteiger partial charge in [0, 0.05) is 0 Å². The van der Waals surface area contributed by atoms with Crippen molar-refractivity contribution in [3.8, 4) is 0 Å². The smallest absolute Gasteiger partial charge is 0.322 e. The van der Waals surface area contributed by atoms with Gasteiger partial charge in [-0.25, -0.2) is 4.39 Å². The molecule has 3 nitrogen and oxygen atoms in total. The number of hydrogen-bond donors (Lipinski definition) is 2. The molecule has 0 saturated heterocycles. The van der Waals surface area contributed by atoms with Gasteiger partial charge in [0.25, 0.3) is 0 Å². The summed E-state index contributed by atoms with van der Waals surface area (Å²) in [5.41, 5.74) is 0.208. The van der Waals surface area contributed by atoms with Crippen LogP contribution >= 0.6 is 12.4 Å². The van der Waals surface area contributed by atoms with Gasteiger partial charge in [0.05, 0.1) is 5.69 Å². The van der Waals surface area contributed by atoms with Gasteiger partial charge in [-0.3, -0.25) is 4.79 Å². The quantitative estimate of drug-likeness (QED) is 0.791. The number of nitrogens with one attached hydrogen (secondary N) is 1. The van der Waals surface area contributed by atoms with E-state index in [-0.39, 0.29) is 24.6 Å². The molecule has 0 atom stereocenters. The lowest BCUT2D eigenvalue weighted by molar-refractivity contribution is -0.134. The van der Waals surface area contributed by atoms with Crippen LogP contribution in [0, 0.1) is 5.82 Å². The van der Waals surface area contributed by atoms with Crippen LogP contribution in [0.4, 0.5) is 10.1 Å². The highest BCUT2D eigenvalue weighted by Gasteiger charge is 2.00. The predicted molar refractivity (Wildman–Crippen MR) is 49.8 cm³/mol. The molecule has 1 aromatic carbocycles. The molecular formula is C8H9ClFNO2. The molecule has 1 rings (SSSR count). The van der Waals surface area contributed by atoms with Gasteiger partial charge in [-0.1, -0.05) is 12.1 Å². The fourth-order valence-electron chi connectivity index (χ4n) is 0.775. The van der Waals surface area contributed by atoms with E-state index in [2.05, 4.69) is 5.32 Å². The van der Waals surface area contributed by atoms with Crippen LogP contribution in [0.1, 0.15) is 0 Å². The summed E-state index contributed by atoms with van der Waals surface area (Å²) in [6.07, 6.45) is 0. The Morgan fingerprint density at radius 2 is 2.08 bits per heavy atom. The van der Waals surface area contributed by atoms with Crippen LogP contribution in [-0.2, 0) is 4.79 Å². The molecule has 0 aromatic heterocycles. The molecule has 0 heterocycles. The minimum Gasteiger partial charge on any atom is -0.480 e. The van der Waals surface area contributed by atoms with Crippen LogP contribution in [0.3, 0.4) is 0 Å². The number of aliphatic carboxylic acids is 1. The topological polar surface area (TPSA) is 49.3 Å². The van der Waals surface area contributed by atoms with Crippen molar-refractivity contribution in [2.24, 2.45) is 0 Å². The minimum atomic E-state index is -1.02. The minimum absolute atomic E-state index is 0. The molecule has 0 saturated carbocycles. The fraction of sp³-hybridized carbons (Fsp3) is 0.125. The number of carboxylic acid groups (broad SMARTS) is 1. The monoisotopic (exact) mass is 205 g/mol. The molecule has 0 fully saturated rings. The van der Waals surface area contributed by atoms with Crippen LogP contribution in [0.15, 0.2) is 24.3 Å². The zero-order chi connectivity index (χ0) is 8.97. The molecule has 0 aliphatic heterocycles. The molecule has 0 bridgehead atoms. The highest BCUT2D eigenvalue weighted by molar-refractivity contribution is 5.85. The van der Waals surface area contributed by atoms with Gasteiger partial charge in [-0.15, -0.1) is 12.4 Å². The SMILES string of the molecule is Cl.O=C(O)CNc1ccccc1F. The van der Waals surface area contributed by atoms with Crippen molar-refractivity contribution in [2.75, 3.05) is 11.9 Å². The van der Waals surface area contributed by atoms with E-state index in [9.17, 15) is 9.18 Å². The summed E-state index contributed by atoms with van der Waals surface area (Å²) in [5, 5.41) is 10.7. The molecule has 0 unspecified atom stereocenters. The number of benzene rings is 1. The number of carboxylic acids is 1. The summed E-state index contributed by atoms with van der Waals surface area (Å²) in [5.74, 6) is -1.46. The summed E-state index contributed by atoms with van der Waals surface area (Å²) in [4.78, 5) is 10.1. The zero-order valence-electron chi connectivity index (χ0n) is 6.66. The summed E-state index contributed by atoms with van der Waals surface area (Å²) in [7, 11) is 0. The molecule has 0 amide bonds. The molecule has 0 radical (unpaired) electrons. The van der Waals surface area contributed by atoms with E-state index in [0.29, 0.717) is 0 Å². The molecule has 1 aromatic rings. The number of anilines is 1. The van der Waals surface area contributed by atoms with Gasteiger partial charge >= 0.3 is 5.97 Å². The lowest BCUT2D eigenvalue weighted by Crippen LogP contribution is -2.12. The van der Waals surface area contributed by atoms with Crippen molar-refractivity contribution >= 4 is 24.1 Å². The van der Waals surface area contributed by atoms with Gasteiger partial charge < -0.3 is 10.4 Å². The Bertz CT molecular complexity index is 293. The van der Waals surface area contributed by atoms with E-state index in [1.54, 1.807) is 12.1 Å². The number of hydrogen-bond acceptors (Lipinski definition) is 2. The third kappa shape index (κ3) is 3.75. The largest absolute Gasteiger partial charge is 0.480 e. The second-order valence-corrected chi connectivity index (χ2v) is 2.23. The van der Waals surface area contributed by atoms with Crippen LogP contribution in [0.25, 0.3) is 0 Å². The average Bonchev–Trinajstić information content (AvgIpc) is 2.03. The number of carbonyl (C=O) groups is 1. The Kier molecular flexibility index (Phi) is 4.84. The van der Waals surface area contributed by atoms with Gasteiger partial charge in [0.1, 0.15) is 12.4 Å². The molecule has 0 aliphatic rings. The first-order chi connectivity index (χ1) is 5.70. The predicted octanol–water partition coefficient (Wildman–Crippen LogP) is 1.74. The van der Waals surface area contributed by atoms with E-state index >= 15 is 0 Å². The first kappa shape index (κ1) is 11.7. The van der Waals surface area contributed by atoms with Crippen molar-refractivity contribution in [3.05, 3.63) is 30.1 Å². The fourth-order valence-corrected chi connectivity index (χ4v) is 0.775. The molecule has 2 N–H and O–H groups in total. The van der Waals surface area contributed by atoms with E-state index in [1.165, 1.54) is 12.1 Å². The van der Waals surface area contributed by atoms with Gasteiger partial charge in [0.15, 0.2) is 0 Å². The summed E-state index contributed by atoms with van der Waals surface area (Å²) in [6.45, 7) is -0.277. The highest BCUT2D eigenvalue weighted by atomic mass is 35.5. The van der Waals surface area contributed by atoms with Gasteiger partial charge in [0.2, 0.25) is 0 Å². The molecular weight excluding hydrogens is 197 g/mol. The van der Waals surface area contributed by atoms with Crippen molar-refractivity contribution < 1.29 is 14.3 Å². The number of para-hydroxylation sites is 1. The maximum absolute atomic E-state index is 12.8. The lowest BCUT2D eigenvalue weighted by Gasteiger charge is -2.02. The number of rotatable bonds is 3. The van der Waals surface area contributed by atoms with E-state index in [1.807, 2.05) is 0 Å². The molecule has 72 valence electrons. The summed E-state index contributed by atoms with van der Waals surface area (Å²) >= 11 is 0. The maximum atomic E-state index is 12.8. The zero-order valence-corrected chi connectivity index (χ0v) is 7.47. The Labute approximate surface area is 81.0 Å².